The molecule has 0 bridgehead atoms. The molecule has 2 nitrogen and oxygen atoms in total. The molecular weight excluding hydrogens is 239 g/mol. The number of nitrogens with zero attached hydrogens (tertiary/aromatic N) is 1. The van der Waals surface area contributed by atoms with Gasteiger partial charge in [-0.05, 0) is 38.5 Å². The van der Waals surface area contributed by atoms with Gasteiger partial charge in [-0.15, -0.1) is 0 Å². The molecule has 0 saturated carbocycles. The predicted octanol–water partition coefficient (Wildman–Crippen LogP) is 3.62. The number of rotatable bonds is 4. The molecule has 19 heavy (non-hydrogen) atoms. The summed E-state index contributed by atoms with van der Waals surface area (Å²) in [5, 5.41) is 3.47. The first kappa shape index (κ1) is 13.7. The number of hydrogen-bond acceptors (Lipinski definition) is 2. The Kier molecular flexibility index (Phi) is 4.27. The van der Waals surface area contributed by atoms with Crippen LogP contribution in [0.25, 0.3) is 0 Å². The molecule has 1 unspecified atom stereocenters. The van der Waals surface area contributed by atoms with Crippen molar-refractivity contribution in [1.29, 1.82) is 0 Å². The molecule has 2 rings (SSSR count). The standard InChI is InChI=1S/C16H19FN2/c1-11(2)19-16(13-6-4-5-12(3)9-13)15-8-7-14(17)10-18-15/h4-11,16,19H,1-3H3. The number of aryl methyl sites for hydroxylation is 1. The summed E-state index contributed by atoms with van der Waals surface area (Å²) in [7, 11) is 0. The Hall–Kier alpha value is -1.74. The van der Waals surface area contributed by atoms with Crippen molar-refractivity contribution >= 4 is 0 Å². The van der Waals surface area contributed by atoms with Gasteiger partial charge in [0, 0.05) is 6.04 Å². The van der Waals surface area contributed by atoms with Gasteiger partial charge >= 0.3 is 0 Å². The second kappa shape index (κ2) is 5.93. The van der Waals surface area contributed by atoms with E-state index in [4.69, 9.17) is 0 Å². The van der Waals surface area contributed by atoms with Crippen LogP contribution in [-0.2, 0) is 0 Å². The Morgan fingerprint density at radius 2 is 1.95 bits per heavy atom. The van der Waals surface area contributed by atoms with Gasteiger partial charge in [0.2, 0.25) is 0 Å². The summed E-state index contributed by atoms with van der Waals surface area (Å²) in [6, 6.07) is 11.8. The van der Waals surface area contributed by atoms with Gasteiger partial charge in [-0.3, -0.25) is 4.98 Å². The molecule has 1 heterocycles. The fraction of sp³-hybridized carbons (Fsp3) is 0.312. The van der Waals surface area contributed by atoms with Crippen LogP contribution in [0.2, 0.25) is 0 Å². The summed E-state index contributed by atoms with van der Waals surface area (Å²) < 4.78 is 13.0. The zero-order chi connectivity index (χ0) is 13.8. The van der Waals surface area contributed by atoms with Crippen molar-refractivity contribution < 1.29 is 4.39 Å². The Labute approximate surface area is 113 Å². The van der Waals surface area contributed by atoms with Crippen molar-refractivity contribution in [2.45, 2.75) is 32.9 Å². The van der Waals surface area contributed by atoms with E-state index in [1.54, 1.807) is 6.07 Å². The van der Waals surface area contributed by atoms with Crippen molar-refractivity contribution in [2.24, 2.45) is 0 Å². The highest BCUT2D eigenvalue weighted by Gasteiger charge is 2.16. The lowest BCUT2D eigenvalue weighted by Crippen LogP contribution is -2.29. The van der Waals surface area contributed by atoms with Crippen LogP contribution in [0.15, 0.2) is 42.6 Å². The summed E-state index contributed by atoms with van der Waals surface area (Å²) in [6.07, 6.45) is 1.26. The Bertz CT molecular complexity index is 535. The zero-order valence-corrected chi connectivity index (χ0v) is 11.5. The number of hydrogen-bond donors (Lipinski definition) is 1. The van der Waals surface area contributed by atoms with E-state index in [2.05, 4.69) is 49.3 Å². The van der Waals surface area contributed by atoms with Crippen molar-refractivity contribution in [2.75, 3.05) is 0 Å². The Morgan fingerprint density at radius 1 is 1.16 bits per heavy atom. The lowest BCUT2D eigenvalue weighted by molar-refractivity contribution is 0.517. The zero-order valence-electron chi connectivity index (χ0n) is 11.5. The average Bonchev–Trinajstić information content (AvgIpc) is 2.37. The minimum atomic E-state index is -0.309. The minimum Gasteiger partial charge on any atom is -0.303 e. The monoisotopic (exact) mass is 258 g/mol. The SMILES string of the molecule is Cc1cccc(C(NC(C)C)c2ccc(F)cn2)c1. The van der Waals surface area contributed by atoms with Crippen LogP contribution in [0.3, 0.4) is 0 Å². The highest BCUT2D eigenvalue weighted by Crippen LogP contribution is 2.22. The first-order valence-corrected chi connectivity index (χ1v) is 6.50. The number of nitrogens with one attached hydrogen (secondary N) is 1. The molecule has 100 valence electrons. The van der Waals surface area contributed by atoms with Gasteiger partial charge in [-0.1, -0.05) is 29.8 Å². The van der Waals surface area contributed by atoms with Crippen LogP contribution in [0.1, 0.15) is 36.7 Å². The maximum atomic E-state index is 13.0. The van der Waals surface area contributed by atoms with Crippen LogP contribution in [0.5, 0.6) is 0 Å². The molecule has 0 aliphatic rings. The fourth-order valence-electron chi connectivity index (χ4n) is 2.09. The van der Waals surface area contributed by atoms with Gasteiger partial charge < -0.3 is 5.32 Å². The van der Waals surface area contributed by atoms with E-state index in [0.717, 1.165) is 11.3 Å². The maximum Gasteiger partial charge on any atom is 0.141 e. The van der Waals surface area contributed by atoms with E-state index < -0.39 is 0 Å². The molecule has 1 aromatic carbocycles. The highest BCUT2D eigenvalue weighted by molar-refractivity contribution is 5.31. The molecule has 1 atom stereocenters. The summed E-state index contributed by atoms with van der Waals surface area (Å²) in [6.45, 7) is 6.24. The number of halogens is 1. The van der Waals surface area contributed by atoms with E-state index in [-0.39, 0.29) is 11.9 Å². The molecule has 3 heteroatoms. The van der Waals surface area contributed by atoms with Crippen LogP contribution in [0, 0.1) is 12.7 Å². The lowest BCUT2D eigenvalue weighted by Gasteiger charge is -2.21. The molecule has 0 aliphatic heterocycles. The molecular formula is C16H19FN2. The second-order valence-corrected chi connectivity index (χ2v) is 5.07. The van der Waals surface area contributed by atoms with E-state index >= 15 is 0 Å². The van der Waals surface area contributed by atoms with E-state index in [9.17, 15) is 4.39 Å². The van der Waals surface area contributed by atoms with Gasteiger partial charge in [0.1, 0.15) is 5.82 Å². The van der Waals surface area contributed by atoms with Crippen LogP contribution in [0.4, 0.5) is 4.39 Å². The molecule has 0 amide bonds. The summed E-state index contributed by atoms with van der Waals surface area (Å²) in [5.41, 5.74) is 3.18. The van der Waals surface area contributed by atoms with E-state index in [1.165, 1.54) is 17.8 Å². The average molecular weight is 258 g/mol. The molecule has 1 aromatic heterocycles. The summed E-state index contributed by atoms with van der Waals surface area (Å²) >= 11 is 0. The van der Waals surface area contributed by atoms with Gasteiger partial charge in [0.25, 0.3) is 0 Å². The minimum absolute atomic E-state index is 0.0134. The normalized spacial score (nSPS) is 12.7. The highest BCUT2D eigenvalue weighted by atomic mass is 19.1. The van der Waals surface area contributed by atoms with E-state index in [1.807, 2.05) is 6.07 Å². The van der Waals surface area contributed by atoms with Gasteiger partial charge in [-0.25, -0.2) is 4.39 Å². The smallest absolute Gasteiger partial charge is 0.141 e. The summed E-state index contributed by atoms with van der Waals surface area (Å²) in [5.74, 6) is -0.309. The first-order chi connectivity index (χ1) is 9.06. The third kappa shape index (κ3) is 3.61. The van der Waals surface area contributed by atoms with Crippen molar-refractivity contribution in [3.8, 4) is 0 Å². The molecule has 0 aliphatic carbocycles. The predicted molar refractivity (Wildman–Crippen MR) is 75.5 cm³/mol. The van der Waals surface area contributed by atoms with Crippen molar-refractivity contribution in [3.63, 3.8) is 0 Å². The molecule has 2 aromatic rings. The third-order valence-corrected chi connectivity index (χ3v) is 2.92. The maximum absolute atomic E-state index is 13.0. The van der Waals surface area contributed by atoms with Crippen LogP contribution >= 0.6 is 0 Å². The molecule has 0 saturated heterocycles. The quantitative estimate of drug-likeness (QED) is 0.906. The largest absolute Gasteiger partial charge is 0.303 e. The van der Waals surface area contributed by atoms with Gasteiger partial charge in [0.05, 0.1) is 17.9 Å². The number of aromatic nitrogens is 1. The Balaban J connectivity index is 2.38. The number of benzene rings is 1. The van der Waals surface area contributed by atoms with Crippen molar-refractivity contribution in [3.05, 3.63) is 65.2 Å². The van der Waals surface area contributed by atoms with Crippen LogP contribution < -0.4 is 5.32 Å². The first-order valence-electron chi connectivity index (χ1n) is 6.50. The third-order valence-electron chi connectivity index (χ3n) is 2.92. The molecule has 0 radical (unpaired) electrons. The fourth-order valence-corrected chi connectivity index (χ4v) is 2.09. The summed E-state index contributed by atoms with van der Waals surface area (Å²) in [4.78, 5) is 4.20. The Morgan fingerprint density at radius 3 is 2.53 bits per heavy atom. The molecule has 0 spiro atoms. The molecule has 0 fully saturated rings. The topological polar surface area (TPSA) is 24.9 Å². The van der Waals surface area contributed by atoms with E-state index in [0.29, 0.717) is 6.04 Å². The second-order valence-electron chi connectivity index (χ2n) is 5.07. The van der Waals surface area contributed by atoms with Gasteiger partial charge in [0.15, 0.2) is 0 Å². The van der Waals surface area contributed by atoms with Gasteiger partial charge in [-0.2, -0.15) is 0 Å². The lowest BCUT2D eigenvalue weighted by atomic mass is 10.0. The van der Waals surface area contributed by atoms with Crippen LogP contribution in [-0.4, -0.2) is 11.0 Å². The molecule has 1 N–H and O–H groups in total. The van der Waals surface area contributed by atoms with Crippen molar-refractivity contribution in [1.82, 2.24) is 10.3 Å². The number of pyridine rings is 1.